The Hall–Kier alpha value is -3.06. The predicted octanol–water partition coefficient (Wildman–Crippen LogP) is 4.65. The van der Waals surface area contributed by atoms with Gasteiger partial charge in [-0.1, -0.05) is 61.9 Å². The van der Waals surface area contributed by atoms with Crippen molar-refractivity contribution in [2.45, 2.75) is 19.3 Å². The number of hydrogen-bond donors (Lipinski definition) is 1. The van der Waals surface area contributed by atoms with E-state index >= 15 is 0 Å². The largest absolute Gasteiger partial charge is 0.310 e. The summed E-state index contributed by atoms with van der Waals surface area (Å²) in [5.74, 6) is 0.844. The maximum absolute atomic E-state index is 9.22. The van der Waals surface area contributed by atoms with Gasteiger partial charge >= 0.3 is 0 Å². The summed E-state index contributed by atoms with van der Waals surface area (Å²) in [6.07, 6.45) is 3.36. The van der Waals surface area contributed by atoms with E-state index in [4.69, 9.17) is 0 Å². The van der Waals surface area contributed by atoms with Gasteiger partial charge < -0.3 is 4.90 Å². The third-order valence-corrected chi connectivity index (χ3v) is 5.37. The Morgan fingerprint density at radius 1 is 1.04 bits per heavy atom. The standard InChI is InChI=1S/C22H22N4/c1-2-16-13-26(15-23)14-20(16)22-12-21(24-25-22)19-10-6-9-18(11-19)17-7-4-3-5-8-17/h3-12,16,20H,2,13-14H2,1H3,(H,24,25). The first kappa shape index (κ1) is 16.4. The topological polar surface area (TPSA) is 55.7 Å². The molecule has 4 nitrogen and oxygen atoms in total. The first-order chi connectivity index (χ1) is 12.8. The summed E-state index contributed by atoms with van der Waals surface area (Å²) in [6.45, 7) is 3.81. The molecule has 130 valence electrons. The van der Waals surface area contributed by atoms with Gasteiger partial charge in [-0.05, 0) is 29.2 Å². The number of rotatable bonds is 4. The molecule has 4 heteroatoms. The van der Waals surface area contributed by atoms with Crippen LogP contribution in [0, 0.1) is 17.4 Å². The molecule has 26 heavy (non-hydrogen) atoms. The number of aromatic nitrogens is 2. The van der Waals surface area contributed by atoms with Crippen molar-refractivity contribution < 1.29 is 0 Å². The van der Waals surface area contributed by atoms with Gasteiger partial charge in [-0.3, -0.25) is 5.10 Å². The Kier molecular flexibility index (Phi) is 4.45. The second kappa shape index (κ2) is 7.05. The van der Waals surface area contributed by atoms with Crippen molar-refractivity contribution >= 4 is 0 Å². The fraction of sp³-hybridized carbons (Fsp3) is 0.273. The van der Waals surface area contributed by atoms with E-state index in [-0.39, 0.29) is 0 Å². The average Bonchev–Trinajstić information content (AvgIpc) is 3.35. The van der Waals surface area contributed by atoms with E-state index in [9.17, 15) is 5.26 Å². The summed E-state index contributed by atoms with van der Waals surface area (Å²) in [4.78, 5) is 1.86. The monoisotopic (exact) mass is 342 g/mol. The lowest BCUT2D eigenvalue weighted by atomic mass is 9.90. The molecular formula is C22H22N4. The quantitative estimate of drug-likeness (QED) is 0.702. The van der Waals surface area contributed by atoms with Crippen LogP contribution in [-0.2, 0) is 0 Å². The maximum atomic E-state index is 9.22. The molecule has 1 aromatic heterocycles. The molecule has 2 unspecified atom stereocenters. The zero-order valence-corrected chi connectivity index (χ0v) is 14.9. The number of nitrogens with one attached hydrogen (secondary N) is 1. The fourth-order valence-electron chi connectivity index (χ4n) is 3.88. The third kappa shape index (κ3) is 3.09. The Bertz CT molecular complexity index is 923. The summed E-state index contributed by atoms with van der Waals surface area (Å²) in [5.41, 5.74) is 5.60. The Morgan fingerprint density at radius 3 is 2.58 bits per heavy atom. The van der Waals surface area contributed by atoms with Crippen LogP contribution in [0.2, 0.25) is 0 Å². The van der Waals surface area contributed by atoms with Crippen molar-refractivity contribution in [2.75, 3.05) is 13.1 Å². The van der Waals surface area contributed by atoms with Crippen LogP contribution >= 0.6 is 0 Å². The lowest BCUT2D eigenvalue weighted by Gasteiger charge is -2.13. The van der Waals surface area contributed by atoms with Crippen LogP contribution in [0.25, 0.3) is 22.4 Å². The van der Waals surface area contributed by atoms with Gasteiger partial charge in [0.25, 0.3) is 0 Å². The SMILES string of the molecule is CCC1CN(C#N)CC1c1cc(-c2cccc(-c3ccccc3)c2)n[nH]1. The van der Waals surface area contributed by atoms with Gasteiger partial charge in [0, 0.05) is 30.3 Å². The zero-order valence-electron chi connectivity index (χ0n) is 14.9. The van der Waals surface area contributed by atoms with Gasteiger partial charge in [0.05, 0.1) is 5.69 Å². The van der Waals surface area contributed by atoms with Crippen molar-refractivity contribution in [1.29, 1.82) is 5.26 Å². The van der Waals surface area contributed by atoms with Gasteiger partial charge in [0.15, 0.2) is 6.19 Å². The molecule has 0 saturated carbocycles. The zero-order chi connectivity index (χ0) is 17.9. The van der Waals surface area contributed by atoms with Gasteiger partial charge in [0.2, 0.25) is 0 Å². The van der Waals surface area contributed by atoms with Gasteiger partial charge in [-0.15, -0.1) is 0 Å². The van der Waals surface area contributed by atoms with Crippen molar-refractivity contribution in [2.24, 2.45) is 5.92 Å². The Labute approximate surface area is 154 Å². The summed E-state index contributed by atoms with van der Waals surface area (Å²) in [7, 11) is 0. The molecule has 1 saturated heterocycles. The molecule has 2 atom stereocenters. The smallest absolute Gasteiger partial charge is 0.179 e. The molecule has 1 fully saturated rings. The van der Waals surface area contributed by atoms with E-state index in [1.165, 1.54) is 11.1 Å². The van der Waals surface area contributed by atoms with Crippen molar-refractivity contribution in [3.8, 4) is 28.6 Å². The van der Waals surface area contributed by atoms with Crippen LogP contribution in [0.3, 0.4) is 0 Å². The molecule has 4 rings (SSSR count). The Morgan fingerprint density at radius 2 is 1.81 bits per heavy atom. The minimum atomic E-state index is 0.346. The molecule has 0 radical (unpaired) electrons. The number of H-pyrrole nitrogens is 1. The Balaban J connectivity index is 1.62. The number of likely N-dealkylation sites (tertiary alicyclic amines) is 1. The lowest BCUT2D eigenvalue weighted by Crippen LogP contribution is -2.13. The van der Waals surface area contributed by atoms with Gasteiger partial charge in [-0.2, -0.15) is 10.4 Å². The molecule has 2 heterocycles. The minimum absolute atomic E-state index is 0.346. The normalized spacial score (nSPS) is 19.5. The molecule has 3 aromatic rings. The van der Waals surface area contributed by atoms with Crippen LogP contribution in [0.4, 0.5) is 0 Å². The number of aromatic amines is 1. The van der Waals surface area contributed by atoms with Crippen LogP contribution in [0.5, 0.6) is 0 Å². The molecule has 0 aliphatic carbocycles. The highest BCUT2D eigenvalue weighted by Crippen LogP contribution is 2.35. The van der Waals surface area contributed by atoms with Crippen molar-refractivity contribution in [1.82, 2.24) is 15.1 Å². The minimum Gasteiger partial charge on any atom is -0.310 e. The van der Waals surface area contributed by atoms with E-state index in [1.54, 1.807) is 0 Å². The highest BCUT2D eigenvalue weighted by atomic mass is 15.2. The molecule has 1 aliphatic heterocycles. The average molecular weight is 342 g/mol. The molecule has 2 aromatic carbocycles. The first-order valence-corrected chi connectivity index (χ1v) is 9.14. The summed E-state index contributed by atoms with van der Waals surface area (Å²) < 4.78 is 0. The molecular weight excluding hydrogens is 320 g/mol. The highest BCUT2D eigenvalue weighted by molar-refractivity contribution is 5.71. The molecule has 1 aliphatic rings. The van der Waals surface area contributed by atoms with Crippen LogP contribution in [-0.4, -0.2) is 28.2 Å². The second-order valence-corrected chi connectivity index (χ2v) is 6.94. The van der Waals surface area contributed by atoms with Gasteiger partial charge in [-0.25, -0.2) is 0 Å². The van der Waals surface area contributed by atoms with Crippen molar-refractivity contribution in [3.63, 3.8) is 0 Å². The van der Waals surface area contributed by atoms with E-state index in [1.807, 2.05) is 11.0 Å². The summed E-state index contributed by atoms with van der Waals surface area (Å²) in [6, 6.07) is 21.0. The molecule has 0 bridgehead atoms. The van der Waals surface area contributed by atoms with Crippen LogP contribution < -0.4 is 0 Å². The lowest BCUT2D eigenvalue weighted by molar-refractivity contribution is 0.446. The second-order valence-electron chi connectivity index (χ2n) is 6.94. The summed E-state index contributed by atoms with van der Waals surface area (Å²) in [5, 5.41) is 17.0. The number of nitrogens with zero attached hydrogens (tertiary/aromatic N) is 3. The van der Waals surface area contributed by atoms with Crippen molar-refractivity contribution in [3.05, 3.63) is 66.4 Å². The molecule has 0 amide bonds. The fourth-order valence-corrected chi connectivity index (χ4v) is 3.88. The van der Waals surface area contributed by atoms with E-state index in [2.05, 4.69) is 77.9 Å². The summed E-state index contributed by atoms with van der Waals surface area (Å²) >= 11 is 0. The van der Waals surface area contributed by atoms with Crippen LogP contribution in [0.15, 0.2) is 60.7 Å². The number of benzene rings is 2. The third-order valence-electron chi connectivity index (χ3n) is 5.37. The van der Waals surface area contributed by atoms with E-state index in [0.717, 1.165) is 36.5 Å². The van der Waals surface area contributed by atoms with Crippen LogP contribution in [0.1, 0.15) is 25.0 Å². The van der Waals surface area contributed by atoms with E-state index < -0.39 is 0 Å². The van der Waals surface area contributed by atoms with Gasteiger partial charge in [0.1, 0.15) is 0 Å². The van der Waals surface area contributed by atoms with E-state index in [0.29, 0.717) is 11.8 Å². The predicted molar refractivity (Wildman–Crippen MR) is 103 cm³/mol. The molecule has 1 N–H and O–H groups in total. The first-order valence-electron chi connectivity index (χ1n) is 9.14. The maximum Gasteiger partial charge on any atom is 0.179 e. The number of nitriles is 1. The number of hydrogen-bond acceptors (Lipinski definition) is 3. The highest BCUT2D eigenvalue weighted by Gasteiger charge is 2.33. The molecule has 0 spiro atoms.